The first-order valence-corrected chi connectivity index (χ1v) is 6.33. The van der Waals surface area contributed by atoms with Crippen molar-refractivity contribution in [3.8, 4) is 0 Å². The van der Waals surface area contributed by atoms with Gasteiger partial charge in [-0.05, 0) is 44.0 Å². The topological polar surface area (TPSA) is 55.1 Å². The minimum atomic E-state index is -0.588. The van der Waals surface area contributed by atoms with Crippen molar-refractivity contribution < 1.29 is 9.18 Å². The van der Waals surface area contributed by atoms with Crippen LogP contribution in [0.1, 0.15) is 27.0 Å². The van der Waals surface area contributed by atoms with Crippen LogP contribution in [0, 0.1) is 26.6 Å². The number of carbonyl (C=O) groups is 1. The van der Waals surface area contributed by atoms with Crippen LogP contribution >= 0.6 is 0 Å². The van der Waals surface area contributed by atoms with Gasteiger partial charge in [0.2, 0.25) is 0 Å². The van der Waals surface area contributed by atoms with Gasteiger partial charge < -0.3 is 11.1 Å². The van der Waals surface area contributed by atoms with Crippen molar-refractivity contribution in [2.45, 2.75) is 20.8 Å². The summed E-state index contributed by atoms with van der Waals surface area (Å²) in [5.74, 6) is -0.993. The second kappa shape index (κ2) is 5.33. The minimum Gasteiger partial charge on any atom is -0.396 e. The maximum Gasteiger partial charge on any atom is 0.257 e. The monoisotopic (exact) mass is 272 g/mol. The van der Waals surface area contributed by atoms with E-state index in [2.05, 4.69) is 5.32 Å². The molecule has 0 spiro atoms. The lowest BCUT2D eigenvalue weighted by Gasteiger charge is -2.13. The molecule has 0 aliphatic heterocycles. The smallest absolute Gasteiger partial charge is 0.257 e. The van der Waals surface area contributed by atoms with Crippen LogP contribution in [0.3, 0.4) is 0 Å². The number of hydrogen-bond acceptors (Lipinski definition) is 2. The summed E-state index contributed by atoms with van der Waals surface area (Å²) in [7, 11) is 0. The SMILES string of the molecule is Cc1cc(C)c(NC(=O)c2cccc(F)c2N)c(C)c1. The number of nitrogen functional groups attached to an aromatic ring is 1. The summed E-state index contributed by atoms with van der Waals surface area (Å²) in [6, 6.07) is 8.17. The predicted molar refractivity (Wildman–Crippen MR) is 79.4 cm³/mol. The van der Waals surface area contributed by atoms with Crippen molar-refractivity contribution in [2.24, 2.45) is 0 Å². The Hall–Kier alpha value is -2.36. The van der Waals surface area contributed by atoms with E-state index in [0.717, 1.165) is 22.4 Å². The average molecular weight is 272 g/mol. The molecule has 0 heterocycles. The van der Waals surface area contributed by atoms with E-state index in [1.165, 1.54) is 18.2 Å². The summed E-state index contributed by atoms with van der Waals surface area (Å²) in [5.41, 5.74) is 9.41. The van der Waals surface area contributed by atoms with Crippen molar-refractivity contribution in [2.75, 3.05) is 11.1 Å². The van der Waals surface area contributed by atoms with Crippen molar-refractivity contribution in [3.63, 3.8) is 0 Å². The fourth-order valence-electron chi connectivity index (χ4n) is 2.29. The van der Waals surface area contributed by atoms with Crippen molar-refractivity contribution >= 4 is 17.3 Å². The third-order valence-corrected chi connectivity index (χ3v) is 3.21. The fraction of sp³-hybridized carbons (Fsp3) is 0.188. The molecule has 0 bridgehead atoms. The zero-order chi connectivity index (χ0) is 14.9. The average Bonchev–Trinajstić information content (AvgIpc) is 2.36. The van der Waals surface area contributed by atoms with Crippen LogP contribution < -0.4 is 11.1 Å². The van der Waals surface area contributed by atoms with Crippen LogP contribution in [0.4, 0.5) is 15.8 Å². The predicted octanol–water partition coefficient (Wildman–Crippen LogP) is 3.59. The zero-order valence-electron chi connectivity index (χ0n) is 11.8. The second-order valence-electron chi connectivity index (χ2n) is 4.93. The van der Waals surface area contributed by atoms with E-state index in [4.69, 9.17) is 5.73 Å². The van der Waals surface area contributed by atoms with Crippen molar-refractivity contribution in [1.29, 1.82) is 0 Å². The zero-order valence-corrected chi connectivity index (χ0v) is 11.8. The summed E-state index contributed by atoms with van der Waals surface area (Å²) < 4.78 is 13.4. The molecular formula is C16H17FN2O. The minimum absolute atomic E-state index is 0.132. The number of hydrogen-bond donors (Lipinski definition) is 2. The van der Waals surface area contributed by atoms with Gasteiger partial charge in [-0.3, -0.25) is 4.79 Å². The molecule has 0 saturated heterocycles. The van der Waals surface area contributed by atoms with Gasteiger partial charge in [0, 0.05) is 5.69 Å². The standard InChI is InChI=1S/C16H17FN2O/c1-9-7-10(2)15(11(3)8-9)19-16(20)12-5-4-6-13(17)14(12)18/h4-8H,18H2,1-3H3,(H,19,20). The van der Waals surface area contributed by atoms with Crippen LogP contribution in [0.5, 0.6) is 0 Å². The Morgan fingerprint density at radius 1 is 1.15 bits per heavy atom. The summed E-state index contributed by atoms with van der Waals surface area (Å²) >= 11 is 0. The summed E-state index contributed by atoms with van der Waals surface area (Å²) in [6.45, 7) is 5.84. The van der Waals surface area contributed by atoms with E-state index in [1.54, 1.807) is 0 Å². The number of anilines is 2. The molecule has 0 aromatic heterocycles. The molecule has 0 atom stereocenters. The van der Waals surface area contributed by atoms with Gasteiger partial charge in [-0.1, -0.05) is 23.8 Å². The fourth-order valence-corrected chi connectivity index (χ4v) is 2.29. The van der Waals surface area contributed by atoms with Gasteiger partial charge in [0.25, 0.3) is 5.91 Å². The molecular weight excluding hydrogens is 255 g/mol. The Bertz CT molecular complexity index is 657. The number of nitrogens with one attached hydrogen (secondary N) is 1. The first-order chi connectivity index (χ1) is 9.40. The highest BCUT2D eigenvalue weighted by Crippen LogP contribution is 2.24. The van der Waals surface area contributed by atoms with E-state index in [1.807, 2.05) is 32.9 Å². The van der Waals surface area contributed by atoms with Crippen LogP contribution in [-0.2, 0) is 0 Å². The van der Waals surface area contributed by atoms with Crippen LogP contribution in [0.25, 0.3) is 0 Å². The quantitative estimate of drug-likeness (QED) is 0.821. The third kappa shape index (κ3) is 2.64. The summed E-state index contributed by atoms with van der Waals surface area (Å²) in [4.78, 5) is 12.2. The molecule has 20 heavy (non-hydrogen) atoms. The van der Waals surface area contributed by atoms with Gasteiger partial charge in [0.1, 0.15) is 5.82 Å². The highest BCUT2D eigenvalue weighted by molar-refractivity contribution is 6.08. The summed E-state index contributed by atoms with van der Waals surface area (Å²) in [6.07, 6.45) is 0. The Balaban J connectivity index is 2.36. The molecule has 2 aromatic carbocycles. The van der Waals surface area contributed by atoms with E-state index in [-0.39, 0.29) is 11.3 Å². The van der Waals surface area contributed by atoms with Gasteiger partial charge in [-0.25, -0.2) is 4.39 Å². The van der Waals surface area contributed by atoms with Crippen molar-refractivity contribution in [1.82, 2.24) is 0 Å². The molecule has 0 radical (unpaired) electrons. The Kier molecular flexibility index (Phi) is 3.74. The molecule has 0 unspecified atom stereocenters. The van der Waals surface area contributed by atoms with E-state index in [0.29, 0.717) is 0 Å². The molecule has 0 aliphatic rings. The molecule has 3 nitrogen and oxygen atoms in total. The van der Waals surface area contributed by atoms with Crippen LogP contribution in [0.2, 0.25) is 0 Å². The van der Waals surface area contributed by atoms with Gasteiger partial charge in [-0.2, -0.15) is 0 Å². The number of amides is 1. The van der Waals surface area contributed by atoms with Gasteiger partial charge in [0.15, 0.2) is 0 Å². The highest BCUT2D eigenvalue weighted by atomic mass is 19.1. The molecule has 0 aliphatic carbocycles. The van der Waals surface area contributed by atoms with Crippen LogP contribution in [0.15, 0.2) is 30.3 Å². The maximum absolute atomic E-state index is 13.4. The third-order valence-electron chi connectivity index (χ3n) is 3.21. The second-order valence-corrected chi connectivity index (χ2v) is 4.93. The lowest BCUT2D eigenvalue weighted by atomic mass is 10.0. The van der Waals surface area contributed by atoms with E-state index < -0.39 is 11.7 Å². The number of halogens is 1. The van der Waals surface area contributed by atoms with Gasteiger partial charge in [0.05, 0.1) is 11.3 Å². The molecule has 104 valence electrons. The molecule has 2 aromatic rings. The summed E-state index contributed by atoms with van der Waals surface area (Å²) in [5, 5.41) is 2.80. The number of benzene rings is 2. The van der Waals surface area contributed by atoms with E-state index in [9.17, 15) is 9.18 Å². The number of carbonyl (C=O) groups excluding carboxylic acids is 1. The Morgan fingerprint density at radius 3 is 2.35 bits per heavy atom. The van der Waals surface area contributed by atoms with Crippen LogP contribution in [-0.4, -0.2) is 5.91 Å². The largest absolute Gasteiger partial charge is 0.396 e. The lowest BCUT2D eigenvalue weighted by molar-refractivity contribution is 0.102. The van der Waals surface area contributed by atoms with Crippen molar-refractivity contribution in [3.05, 3.63) is 58.4 Å². The number of para-hydroxylation sites is 1. The molecule has 0 fully saturated rings. The van der Waals surface area contributed by atoms with E-state index >= 15 is 0 Å². The first-order valence-electron chi connectivity index (χ1n) is 6.33. The number of nitrogens with two attached hydrogens (primary N) is 1. The molecule has 0 saturated carbocycles. The Morgan fingerprint density at radius 2 is 1.75 bits per heavy atom. The molecule has 2 rings (SSSR count). The normalized spacial score (nSPS) is 10.4. The molecule has 3 N–H and O–H groups in total. The molecule has 4 heteroatoms. The lowest BCUT2D eigenvalue weighted by Crippen LogP contribution is -2.16. The number of aryl methyl sites for hydroxylation is 3. The first kappa shape index (κ1) is 14.1. The maximum atomic E-state index is 13.4. The van der Waals surface area contributed by atoms with Gasteiger partial charge in [-0.15, -0.1) is 0 Å². The van der Waals surface area contributed by atoms with Gasteiger partial charge >= 0.3 is 0 Å². The Labute approximate surface area is 117 Å². The highest BCUT2D eigenvalue weighted by Gasteiger charge is 2.14. The number of rotatable bonds is 2. The molecule has 1 amide bonds.